The van der Waals surface area contributed by atoms with Gasteiger partial charge in [0.25, 0.3) is 11.8 Å². The standard InChI is InChI=1S/C30H19ClF3N3O3/c31-24-13-12-19(16-23(24)30(32,33)34)29(39)36-20-8-4-9-21(17-20)40-26-14-15-35-27-22(26)10-5-11-25(27)37-28(38)18-6-2-1-3-7-18/h1-17H,(H,36,39)(H,37,38). The molecular formula is C30H19ClF3N3O3. The molecular weight excluding hydrogens is 543 g/mol. The molecule has 4 aromatic carbocycles. The van der Waals surface area contributed by atoms with E-state index < -0.39 is 22.7 Å². The third-order valence-corrected chi connectivity index (χ3v) is 6.20. The van der Waals surface area contributed by atoms with E-state index in [1.165, 1.54) is 12.1 Å². The first kappa shape index (κ1) is 26.7. The van der Waals surface area contributed by atoms with Crippen LogP contribution in [0.4, 0.5) is 24.5 Å². The normalized spacial score (nSPS) is 11.2. The number of amides is 2. The van der Waals surface area contributed by atoms with Crippen LogP contribution in [-0.2, 0) is 6.18 Å². The molecule has 0 spiro atoms. The summed E-state index contributed by atoms with van der Waals surface area (Å²) in [6, 6.07) is 25.1. The summed E-state index contributed by atoms with van der Waals surface area (Å²) in [6.45, 7) is 0. The number of para-hydroxylation sites is 1. The van der Waals surface area contributed by atoms with Crippen LogP contribution >= 0.6 is 11.6 Å². The first-order valence-electron chi connectivity index (χ1n) is 11.9. The van der Waals surface area contributed by atoms with Gasteiger partial charge in [-0.2, -0.15) is 13.2 Å². The van der Waals surface area contributed by atoms with Crippen molar-refractivity contribution < 1.29 is 27.5 Å². The van der Waals surface area contributed by atoms with Gasteiger partial charge in [0, 0.05) is 34.5 Å². The number of nitrogens with one attached hydrogen (secondary N) is 2. The quantitative estimate of drug-likeness (QED) is 0.219. The fourth-order valence-electron chi connectivity index (χ4n) is 3.98. The second-order valence-corrected chi connectivity index (χ2v) is 9.01. The highest BCUT2D eigenvalue weighted by atomic mass is 35.5. The molecule has 0 bridgehead atoms. The van der Waals surface area contributed by atoms with Crippen molar-refractivity contribution in [2.24, 2.45) is 0 Å². The number of carbonyl (C=O) groups excluding carboxylic acids is 2. The van der Waals surface area contributed by atoms with Crippen molar-refractivity contribution in [2.45, 2.75) is 6.18 Å². The fraction of sp³-hybridized carbons (Fsp3) is 0.0333. The molecule has 0 aliphatic heterocycles. The lowest BCUT2D eigenvalue weighted by atomic mass is 10.1. The minimum atomic E-state index is -4.70. The highest BCUT2D eigenvalue weighted by Gasteiger charge is 2.33. The molecule has 0 saturated carbocycles. The van der Waals surface area contributed by atoms with Gasteiger partial charge in [0.1, 0.15) is 11.5 Å². The number of rotatable bonds is 6. The summed E-state index contributed by atoms with van der Waals surface area (Å²) in [7, 11) is 0. The summed E-state index contributed by atoms with van der Waals surface area (Å²) in [6.07, 6.45) is -3.15. The number of nitrogens with zero attached hydrogens (tertiary/aromatic N) is 1. The number of benzene rings is 4. The molecule has 2 amide bonds. The molecule has 0 unspecified atom stereocenters. The van der Waals surface area contributed by atoms with Crippen molar-refractivity contribution in [3.8, 4) is 11.5 Å². The summed E-state index contributed by atoms with van der Waals surface area (Å²) in [5.74, 6) is -0.229. The van der Waals surface area contributed by atoms with Gasteiger partial charge in [-0.3, -0.25) is 14.6 Å². The number of halogens is 4. The molecule has 0 saturated heterocycles. The Morgan fingerprint density at radius 3 is 2.30 bits per heavy atom. The summed E-state index contributed by atoms with van der Waals surface area (Å²) >= 11 is 5.65. The lowest BCUT2D eigenvalue weighted by molar-refractivity contribution is -0.137. The van der Waals surface area contributed by atoms with Crippen molar-refractivity contribution in [1.29, 1.82) is 0 Å². The molecule has 0 aliphatic carbocycles. The Hall–Kier alpha value is -4.89. The van der Waals surface area contributed by atoms with Crippen LogP contribution in [0.5, 0.6) is 11.5 Å². The van der Waals surface area contributed by atoms with Gasteiger partial charge in [0.2, 0.25) is 0 Å². The van der Waals surface area contributed by atoms with E-state index in [1.807, 2.05) is 6.07 Å². The molecule has 0 radical (unpaired) electrons. The van der Waals surface area contributed by atoms with E-state index >= 15 is 0 Å². The van der Waals surface area contributed by atoms with Crippen molar-refractivity contribution in [3.63, 3.8) is 0 Å². The smallest absolute Gasteiger partial charge is 0.417 e. The maximum absolute atomic E-state index is 13.2. The summed E-state index contributed by atoms with van der Waals surface area (Å²) in [4.78, 5) is 29.8. The molecule has 200 valence electrons. The van der Waals surface area contributed by atoms with Crippen LogP contribution in [0.15, 0.2) is 103 Å². The van der Waals surface area contributed by atoms with Crippen LogP contribution in [0.25, 0.3) is 10.9 Å². The van der Waals surface area contributed by atoms with Crippen LogP contribution in [0.3, 0.4) is 0 Å². The van der Waals surface area contributed by atoms with E-state index in [4.69, 9.17) is 16.3 Å². The van der Waals surface area contributed by atoms with Crippen molar-refractivity contribution in [2.75, 3.05) is 10.6 Å². The largest absolute Gasteiger partial charge is 0.457 e. The van der Waals surface area contributed by atoms with Crippen LogP contribution in [0.2, 0.25) is 5.02 Å². The van der Waals surface area contributed by atoms with E-state index in [9.17, 15) is 22.8 Å². The number of ether oxygens (including phenoxy) is 1. The highest BCUT2D eigenvalue weighted by molar-refractivity contribution is 6.31. The Kier molecular flexibility index (Phi) is 7.39. The van der Waals surface area contributed by atoms with Gasteiger partial charge in [-0.25, -0.2) is 0 Å². The topological polar surface area (TPSA) is 80.3 Å². The van der Waals surface area contributed by atoms with Gasteiger partial charge in [0.15, 0.2) is 0 Å². The predicted molar refractivity (Wildman–Crippen MR) is 147 cm³/mol. The number of hydrogen-bond donors (Lipinski definition) is 2. The summed E-state index contributed by atoms with van der Waals surface area (Å²) < 4.78 is 45.7. The number of alkyl halides is 3. The first-order valence-corrected chi connectivity index (χ1v) is 12.3. The van der Waals surface area contributed by atoms with Crippen LogP contribution in [-0.4, -0.2) is 16.8 Å². The Balaban J connectivity index is 1.36. The molecule has 10 heteroatoms. The Morgan fingerprint density at radius 2 is 1.52 bits per heavy atom. The number of carbonyl (C=O) groups is 2. The molecule has 2 N–H and O–H groups in total. The van der Waals surface area contributed by atoms with Gasteiger partial charge >= 0.3 is 6.18 Å². The number of pyridine rings is 1. The minimum Gasteiger partial charge on any atom is -0.457 e. The average molecular weight is 562 g/mol. The van der Waals surface area contributed by atoms with Crippen molar-refractivity contribution >= 4 is 45.7 Å². The Labute approximate surface area is 231 Å². The van der Waals surface area contributed by atoms with Crippen LogP contribution < -0.4 is 15.4 Å². The summed E-state index contributed by atoms with van der Waals surface area (Å²) in [5.41, 5.74) is 0.520. The third kappa shape index (κ3) is 5.89. The van der Waals surface area contributed by atoms with Gasteiger partial charge in [-0.05, 0) is 60.7 Å². The predicted octanol–water partition coefficient (Wildman–Crippen LogP) is 8.20. The second kappa shape index (κ2) is 11.1. The molecule has 5 rings (SSSR count). The molecule has 0 aliphatic rings. The summed E-state index contributed by atoms with van der Waals surface area (Å²) in [5, 5.41) is 5.58. The number of fused-ring (bicyclic) bond motifs is 1. The lowest BCUT2D eigenvalue weighted by Gasteiger charge is -2.13. The SMILES string of the molecule is O=C(Nc1cccc(Oc2ccnc3c(NC(=O)c4ccccc4)cccc23)c1)c1ccc(Cl)c(C(F)(F)F)c1. The fourth-order valence-corrected chi connectivity index (χ4v) is 4.20. The third-order valence-electron chi connectivity index (χ3n) is 5.87. The highest BCUT2D eigenvalue weighted by Crippen LogP contribution is 2.36. The molecule has 1 aromatic heterocycles. The zero-order chi connectivity index (χ0) is 28.3. The van der Waals surface area contributed by atoms with E-state index in [-0.39, 0.29) is 11.5 Å². The Bertz CT molecular complexity index is 1730. The number of aromatic nitrogens is 1. The second-order valence-electron chi connectivity index (χ2n) is 8.61. The van der Waals surface area contributed by atoms with E-state index in [0.29, 0.717) is 45.4 Å². The van der Waals surface area contributed by atoms with Gasteiger partial charge in [-0.1, -0.05) is 41.9 Å². The molecule has 0 fully saturated rings. The van der Waals surface area contributed by atoms with E-state index in [0.717, 1.165) is 6.07 Å². The first-order chi connectivity index (χ1) is 19.2. The number of anilines is 2. The molecule has 1 heterocycles. The monoisotopic (exact) mass is 561 g/mol. The number of hydrogen-bond acceptors (Lipinski definition) is 4. The lowest BCUT2D eigenvalue weighted by Crippen LogP contribution is -2.14. The van der Waals surface area contributed by atoms with Crippen molar-refractivity contribution in [1.82, 2.24) is 4.98 Å². The van der Waals surface area contributed by atoms with Gasteiger partial charge < -0.3 is 15.4 Å². The van der Waals surface area contributed by atoms with Crippen LogP contribution in [0, 0.1) is 0 Å². The zero-order valence-electron chi connectivity index (χ0n) is 20.5. The molecule has 6 nitrogen and oxygen atoms in total. The maximum Gasteiger partial charge on any atom is 0.417 e. The van der Waals surface area contributed by atoms with Gasteiger partial charge in [0.05, 0.1) is 21.8 Å². The van der Waals surface area contributed by atoms with Crippen molar-refractivity contribution in [3.05, 3.63) is 125 Å². The van der Waals surface area contributed by atoms with E-state index in [2.05, 4.69) is 15.6 Å². The van der Waals surface area contributed by atoms with E-state index in [1.54, 1.807) is 72.9 Å². The van der Waals surface area contributed by atoms with Gasteiger partial charge in [-0.15, -0.1) is 0 Å². The Morgan fingerprint density at radius 1 is 0.775 bits per heavy atom. The maximum atomic E-state index is 13.2. The molecule has 5 aromatic rings. The minimum absolute atomic E-state index is 0.201. The molecule has 40 heavy (non-hydrogen) atoms. The molecule has 0 atom stereocenters. The zero-order valence-corrected chi connectivity index (χ0v) is 21.3. The average Bonchev–Trinajstić information content (AvgIpc) is 2.94. The van der Waals surface area contributed by atoms with Crippen LogP contribution in [0.1, 0.15) is 26.3 Å².